The first kappa shape index (κ1) is 18.5. The lowest BCUT2D eigenvalue weighted by Crippen LogP contribution is -2.30. The molecule has 0 radical (unpaired) electrons. The van der Waals surface area contributed by atoms with Gasteiger partial charge in [-0.05, 0) is 55.2 Å². The van der Waals surface area contributed by atoms with Crippen molar-refractivity contribution in [3.63, 3.8) is 0 Å². The first-order chi connectivity index (χ1) is 11.8. The van der Waals surface area contributed by atoms with Crippen LogP contribution in [-0.4, -0.2) is 23.1 Å². The van der Waals surface area contributed by atoms with Crippen LogP contribution in [-0.2, 0) is 4.79 Å². The summed E-state index contributed by atoms with van der Waals surface area (Å²) in [6.07, 6.45) is -0.715. The average Bonchev–Trinajstić information content (AvgIpc) is 2.54. The minimum absolute atomic E-state index is 0.118. The van der Waals surface area contributed by atoms with Crippen molar-refractivity contribution in [2.75, 3.05) is 5.32 Å². The van der Waals surface area contributed by atoms with E-state index in [1.54, 1.807) is 19.1 Å². The highest BCUT2D eigenvalue weighted by molar-refractivity contribution is 5.96. The average molecular weight is 341 g/mol. The highest BCUT2D eigenvalue weighted by atomic mass is 16.5. The van der Waals surface area contributed by atoms with Crippen LogP contribution in [0.2, 0.25) is 0 Å². The van der Waals surface area contributed by atoms with Crippen LogP contribution in [0.3, 0.4) is 0 Å². The van der Waals surface area contributed by atoms with E-state index in [-0.39, 0.29) is 17.4 Å². The maximum absolute atomic E-state index is 12.4. The van der Waals surface area contributed by atoms with Crippen LogP contribution < -0.4 is 10.1 Å². The first-order valence-electron chi connectivity index (χ1n) is 8.19. The lowest BCUT2D eigenvalue weighted by molar-refractivity contribution is -0.122. The van der Waals surface area contributed by atoms with Crippen molar-refractivity contribution in [1.82, 2.24) is 0 Å². The van der Waals surface area contributed by atoms with Gasteiger partial charge < -0.3 is 15.2 Å². The van der Waals surface area contributed by atoms with E-state index in [1.165, 1.54) is 12.1 Å². The SMILES string of the molecule is Cc1ccc(C(C)C)c(OC(C)C(=O)Nc2cccc(C(=O)O)c2)c1. The third-order valence-electron chi connectivity index (χ3n) is 3.84. The maximum atomic E-state index is 12.4. The van der Waals surface area contributed by atoms with Gasteiger partial charge in [0.1, 0.15) is 5.75 Å². The summed E-state index contributed by atoms with van der Waals surface area (Å²) in [6, 6.07) is 12.1. The van der Waals surface area contributed by atoms with Gasteiger partial charge in [-0.15, -0.1) is 0 Å². The minimum Gasteiger partial charge on any atom is -0.481 e. The van der Waals surface area contributed by atoms with Gasteiger partial charge in [0, 0.05) is 5.69 Å². The zero-order chi connectivity index (χ0) is 18.6. The number of carboxylic acid groups (broad SMARTS) is 1. The molecule has 132 valence electrons. The molecule has 0 spiro atoms. The second-order valence-corrected chi connectivity index (χ2v) is 6.33. The highest BCUT2D eigenvalue weighted by Crippen LogP contribution is 2.28. The molecule has 0 saturated carbocycles. The number of hydrogen-bond acceptors (Lipinski definition) is 3. The summed E-state index contributed by atoms with van der Waals surface area (Å²) in [5, 5.41) is 11.7. The van der Waals surface area contributed by atoms with E-state index in [1.807, 2.05) is 25.1 Å². The predicted octanol–water partition coefficient (Wildman–Crippen LogP) is 4.22. The summed E-state index contributed by atoms with van der Waals surface area (Å²) in [7, 11) is 0. The Morgan fingerprint density at radius 3 is 2.44 bits per heavy atom. The molecule has 1 amide bonds. The molecule has 2 aromatic carbocycles. The minimum atomic E-state index is -1.04. The van der Waals surface area contributed by atoms with Gasteiger partial charge in [-0.25, -0.2) is 4.79 Å². The second kappa shape index (κ2) is 7.83. The van der Waals surface area contributed by atoms with Crippen molar-refractivity contribution in [2.45, 2.75) is 39.7 Å². The molecular weight excluding hydrogens is 318 g/mol. The number of hydrogen-bond donors (Lipinski definition) is 2. The number of benzene rings is 2. The molecule has 2 N–H and O–H groups in total. The zero-order valence-electron chi connectivity index (χ0n) is 14.9. The Labute approximate surface area is 147 Å². The number of carbonyl (C=O) groups excluding carboxylic acids is 1. The molecule has 0 fully saturated rings. The molecule has 0 saturated heterocycles. The van der Waals surface area contributed by atoms with E-state index in [2.05, 4.69) is 19.2 Å². The Bertz CT molecular complexity index is 783. The van der Waals surface area contributed by atoms with Crippen molar-refractivity contribution in [3.05, 3.63) is 59.2 Å². The lowest BCUT2D eigenvalue weighted by atomic mass is 10.0. The van der Waals surface area contributed by atoms with Crippen molar-refractivity contribution in [3.8, 4) is 5.75 Å². The Balaban J connectivity index is 2.12. The van der Waals surface area contributed by atoms with Gasteiger partial charge >= 0.3 is 5.97 Å². The first-order valence-corrected chi connectivity index (χ1v) is 8.19. The number of carboxylic acids is 1. The number of ether oxygens (including phenoxy) is 1. The van der Waals surface area contributed by atoms with Crippen LogP contribution in [0, 0.1) is 6.92 Å². The fraction of sp³-hybridized carbons (Fsp3) is 0.300. The van der Waals surface area contributed by atoms with Crippen molar-refractivity contribution < 1.29 is 19.4 Å². The largest absolute Gasteiger partial charge is 0.481 e. The highest BCUT2D eigenvalue weighted by Gasteiger charge is 2.18. The third-order valence-corrected chi connectivity index (χ3v) is 3.84. The second-order valence-electron chi connectivity index (χ2n) is 6.33. The molecule has 5 nitrogen and oxygen atoms in total. The van der Waals surface area contributed by atoms with Gasteiger partial charge in [0.15, 0.2) is 6.10 Å². The fourth-order valence-electron chi connectivity index (χ4n) is 2.44. The van der Waals surface area contributed by atoms with Crippen LogP contribution in [0.4, 0.5) is 5.69 Å². The van der Waals surface area contributed by atoms with Crippen LogP contribution in [0.5, 0.6) is 5.75 Å². The number of anilines is 1. The quantitative estimate of drug-likeness (QED) is 0.825. The Morgan fingerprint density at radius 2 is 1.80 bits per heavy atom. The summed E-state index contributed by atoms with van der Waals surface area (Å²) in [5.74, 6) is -0.407. The Hall–Kier alpha value is -2.82. The summed E-state index contributed by atoms with van der Waals surface area (Å²) in [4.78, 5) is 23.4. The van der Waals surface area contributed by atoms with Crippen LogP contribution in [0.1, 0.15) is 48.2 Å². The van der Waals surface area contributed by atoms with E-state index in [0.29, 0.717) is 11.4 Å². The smallest absolute Gasteiger partial charge is 0.335 e. The molecule has 1 unspecified atom stereocenters. The molecule has 0 aromatic heterocycles. The van der Waals surface area contributed by atoms with E-state index in [0.717, 1.165) is 11.1 Å². The Morgan fingerprint density at radius 1 is 1.08 bits per heavy atom. The predicted molar refractivity (Wildman–Crippen MR) is 97.4 cm³/mol. The number of aromatic carboxylic acids is 1. The van der Waals surface area contributed by atoms with Crippen molar-refractivity contribution in [1.29, 1.82) is 0 Å². The molecule has 1 atom stereocenters. The van der Waals surface area contributed by atoms with Gasteiger partial charge in [0.05, 0.1) is 5.56 Å². The molecule has 0 heterocycles. The number of aryl methyl sites for hydroxylation is 1. The van der Waals surface area contributed by atoms with E-state index >= 15 is 0 Å². The molecule has 0 aliphatic carbocycles. The van der Waals surface area contributed by atoms with Crippen LogP contribution >= 0.6 is 0 Å². The molecule has 0 aliphatic rings. The van der Waals surface area contributed by atoms with E-state index in [9.17, 15) is 9.59 Å². The number of nitrogens with one attached hydrogen (secondary N) is 1. The molecule has 0 bridgehead atoms. The normalized spacial score (nSPS) is 11.9. The van der Waals surface area contributed by atoms with Gasteiger partial charge in [0.2, 0.25) is 0 Å². The summed E-state index contributed by atoms with van der Waals surface area (Å²) in [5.41, 5.74) is 2.64. The van der Waals surface area contributed by atoms with Gasteiger partial charge in [-0.2, -0.15) is 0 Å². The Kier molecular flexibility index (Phi) is 5.80. The molecule has 5 heteroatoms. The van der Waals surface area contributed by atoms with Gasteiger partial charge in [0.25, 0.3) is 5.91 Å². The van der Waals surface area contributed by atoms with E-state index in [4.69, 9.17) is 9.84 Å². The van der Waals surface area contributed by atoms with Crippen molar-refractivity contribution in [2.24, 2.45) is 0 Å². The van der Waals surface area contributed by atoms with Crippen LogP contribution in [0.15, 0.2) is 42.5 Å². The molecule has 0 aliphatic heterocycles. The summed E-state index contributed by atoms with van der Waals surface area (Å²) >= 11 is 0. The molecular formula is C20H23NO4. The number of carbonyl (C=O) groups is 2. The van der Waals surface area contributed by atoms with Gasteiger partial charge in [-0.3, -0.25) is 4.79 Å². The van der Waals surface area contributed by atoms with Crippen molar-refractivity contribution >= 4 is 17.6 Å². The summed E-state index contributed by atoms with van der Waals surface area (Å²) in [6.45, 7) is 7.78. The number of amides is 1. The van der Waals surface area contributed by atoms with Crippen LogP contribution in [0.25, 0.3) is 0 Å². The molecule has 2 rings (SSSR count). The monoisotopic (exact) mass is 341 g/mol. The third kappa shape index (κ3) is 4.83. The fourth-order valence-corrected chi connectivity index (χ4v) is 2.44. The standard InChI is InChI=1S/C20H23NO4/c1-12(2)17-9-8-13(3)10-18(17)25-14(4)19(22)21-16-7-5-6-15(11-16)20(23)24/h5-12,14H,1-4H3,(H,21,22)(H,23,24). The zero-order valence-corrected chi connectivity index (χ0v) is 14.9. The molecule has 2 aromatic rings. The summed E-state index contributed by atoms with van der Waals surface area (Å²) < 4.78 is 5.87. The topological polar surface area (TPSA) is 75.6 Å². The lowest BCUT2D eigenvalue weighted by Gasteiger charge is -2.19. The maximum Gasteiger partial charge on any atom is 0.335 e. The molecule has 25 heavy (non-hydrogen) atoms. The van der Waals surface area contributed by atoms with E-state index < -0.39 is 12.1 Å². The van der Waals surface area contributed by atoms with Gasteiger partial charge in [-0.1, -0.05) is 32.0 Å². The number of rotatable bonds is 6.